The van der Waals surface area contributed by atoms with Crippen LogP contribution in [0.4, 0.5) is 22.0 Å². The van der Waals surface area contributed by atoms with E-state index < -0.39 is 29.9 Å². The number of alkyl halides is 5. The van der Waals surface area contributed by atoms with Gasteiger partial charge in [-0.15, -0.1) is 0 Å². The van der Waals surface area contributed by atoms with Crippen molar-refractivity contribution in [1.29, 1.82) is 0 Å². The maximum atomic E-state index is 12.7. The van der Waals surface area contributed by atoms with E-state index in [0.717, 1.165) is 6.07 Å². The Balaban J connectivity index is 2.66. The van der Waals surface area contributed by atoms with Crippen molar-refractivity contribution in [2.24, 2.45) is 0 Å². The van der Waals surface area contributed by atoms with Gasteiger partial charge >= 0.3 is 12.8 Å². The molecule has 0 amide bonds. The molecule has 22 heavy (non-hydrogen) atoms. The fourth-order valence-electron chi connectivity index (χ4n) is 1.67. The summed E-state index contributed by atoms with van der Waals surface area (Å²) < 4.78 is 67.2. The number of benzene rings is 1. The molecule has 0 saturated carbocycles. The lowest BCUT2D eigenvalue weighted by Gasteiger charge is -2.14. The van der Waals surface area contributed by atoms with Gasteiger partial charge < -0.3 is 4.74 Å². The van der Waals surface area contributed by atoms with Gasteiger partial charge in [0.05, 0.1) is 5.02 Å². The Morgan fingerprint density at radius 2 is 1.73 bits per heavy atom. The quantitative estimate of drug-likeness (QED) is 0.659. The van der Waals surface area contributed by atoms with Crippen LogP contribution < -0.4 is 4.74 Å². The lowest BCUT2D eigenvalue weighted by Crippen LogP contribution is -2.11. The van der Waals surface area contributed by atoms with Gasteiger partial charge in [-0.25, -0.2) is 4.98 Å². The highest BCUT2D eigenvalue weighted by Gasteiger charge is 2.33. The van der Waals surface area contributed by atoms with Crippen molar-refractivity contribution in [3.8, 4) is 17.0 Å². The maximum absolute atomic E-state index is 12.7. The van der Waals surface area contributed by atoms with Crippen molar-refractivity contribution in [2.45, 2.75) is 12.8 Å². The Morgan fingerprint density at radius 1 is 1.05 bits per heavy atom. The summed E-state index contributed by atoms with van der Waals surface area (Å²) in [5.41, 5.74) is -1.78. The molecule has 0 aliphatic carbocycles. The van der Waals surface area contributed by atoms with Gasteiger partial charge in [0.25, 0.3) is 0 Å². The summed E-state index contributed by atoms with van der Waals surface area (Å²) in [6.45, 7) is -3.23. The van der Waals surface area contributed by atoms with Crippen molar-refractivity contribution in [1.82, 2.24) is 4.98 Å². The molecule has 0 atom stereocenters. The molecule has 0 unspecified atom stereocenters. The first-order chi connectivity index (χ1) is 10.2. The predicted octanol–water partition coefficient (Wildman–Crippen LogP) is 5.68. The van der Waals surface area contributed by atoms with Crippen LogP contribution >= 0.6 is 23.2 Å². The summed E-state index contributed by atoms with van der Waals surface area (Å²) in [6, 6.07) is 5.22. The number of nitrogens with zero attached hydrogens (tertiary/aromatic N) is 1. The number of hydrogen-bond donors (Lipinski definition) is 0. The summed E-state index contributed by atoms with van der Waals surface area (Å²) in [6.07, 6.45) is -4.75. The van der Waals surface area contributed by atoms with Crippen LogP contribution in [0.25, 0.3) is 11.3 Å². The third-order valence-corrected chi connectivity index (χ3v) is 3.11. The average Bonchev–Trinajstić information content (AvgIpc) is 2.40. The van der Waals surface area contributed by atoms with Crippen molar-refractivity contribution in [3.05, 3.63) is 46.1 Å². The fraction of sp³-hybridized carbons (Fsp3) is 0.154. The van der Waals surface area contributed by atoms with Crippen LogP contribution in [0, 0.1) is 0 Å². The van der Waals surface area contributed by atoms with Gasteiger partial charge in [0.2, 0.25) is 0 Å². The van der Waals surface area contributed by atoms with Crippen LogP contribution in [0.1, 0.15) is 5.69 Å². The van der Waals surface area contributed by atoms with Gasteiger partial charge in [0, 0.05) is 10.6 Å². The molecule has 0 N–H and O–H groups in total. The summed E-state index contributed by atoms with van der Waals surface area (Å²) in [5.74, 6) is -0.535. The molecule has 0 fully saturated rings. The van der Waals surface area contributed by atoms with Crippen LogP contribution in [-0.2, 0) is 6.18 Å². The topological polar surface area (TPSA) is 22.1 Å². The van der Waals surface area contributed by atoms with E-state index in [0.29, 0.717) is 6.07 Å². The zero-order valence-electron chi connectivity index (χ0n) is 10.5. The molecule has 0 aliphatic rings. The molecule has 0 spiro atoms. The highest BCUT2D eigenvalue weighted by molar-refractivity contribution is 6.35. The second kappa shape index (κ2) is 6.26. The monoisotopic (exact) mass is 357 g/mol. The largest absolute Gasteiger partial charge is 0.433 e. The Kier molecular flexibility index (Phi) is 4.77. The van der Waals surface area contributed by atoms with E-state index in [1.54, 1.807) is 0 Å². The van der Waals surface area contributed by atoms with E-state index in [-0.39, 0.29) is 15.6 Å². The van der Waals surface area contributed by atoms with Crippen LogP contribution in [0.15, 0.2) is 30.3 Å². The SMILES string of the molecule is FC(F)Oc1ccc(C(F)(F)F)nc1-c1cc(Cl)ccc1Cl. The minimum absolute atomic E-state index is 0.00431. The van der Waals surface area contributed by atoms with Gasteiger partial charge in [0.1, 0.15) is 11.4 Å². The summed E-state index contributed by atoms with van der Waals surface area (Å²) >= 11 is 11.6. The van der Waals surface area contributed by atoms with Gasteiger partial charge in [0.15, 0.2) is 5.75 Å². The normalized spacial score (nSPS) is 11.8. The molecule has 118 valence electrons. The summed E-state index contributed by atoms with van der Waals surface area (Å²) in [4.78, 5) is 3.34. The van der Waals surface area contributed by atoms with Crippen molar-refractivity contribution in [2.75, 3.05) is 0 Å². The van der Waals surface area contributed by atoms with Crippen LogP contribution in [0.5, 0.6) is 5.75 Å². The maximum Gasteiger partial charge on any atom is 0.433 e. The van der Waals surface area contributed by atoms with E-state index in [9.17, 15) is 22.0 Å². The molecule has 1 aromatic heterocycles. The van der Waals surface area contributed by atoms with Gasteiger partial charge in [-0.2, -0.15) is 22.0 Å². The summed E-state index contributed by atoms with van der Waals surface area (Å²) in [5, 5.41) is 0.150. The number of ether oxygens (including phenoxy) is 1. The third kappa shape index (κ3) is 3.78. The standard InChI is InChI=1S/C13H6Cl2F5NO/c14-6-1-2-8(15)7(5-6)11-9(22-12(16)17)3-4-10(21-11)13(18,19)20/h1-5,12H. The Labute approximate surface area is 131 Å². The molecule has 1 aromatic carbocycles. The molecular weight excluding hydrogens is 352 g/mol. The summed E-state index contributed by atoms with van der Waals surface area (Å²) in [7, 11) is 0. The first kappa shape index (κ1) is 16.8. The molecule has 0 bridgehead atoms. The third-order valence-electron chi connectivity index (χ3n) is 2.55. The lowest BCUT2D eigenvalue weighted by atomic mass is 10.1. The minimum atomic E-state index is -4.75. The zero-order valence-corrected chi connectivity index (χ0v) is 12.0. The van der Waals surface area contributed by atoms with E-state index in [1.807, 2.05) is 0 Å². The van der Waals surface area contributed by atoms with Crippen molar-refractivity contribution >= 4 is 23.2 Å². The molecule has 0 aliphatic heterocycles. The molecule has 2 rings (SSSR count). The van der Waals surface area contributed by atoms with E-state index in [1.165, 1.54) is 18.2 Å². The van der Waals surface area contributed by atoms with Crippen molar-refractivity contribution < 1.29 is 26.7 Å². The van der Waals surface area contributed by atoms with E-state index in [2.05, 4.69) is 9.72 Å². The second-order valence-electron chi connectivity index (χ2n) is 4.04. The first-order valence-electron chi connectivity index (χ1n) is 5.67. The molecule has 0 radical (unpaired) electrons. The number of aromatic nitrogens is 1. The molecular formula is C13H6Cl2F5NO. The predicted molar refractivity (Wildman–Crippen MR) is 71.3 cm³/mol. The Morgan fingerprint density at radius 3 is 2.32 bits per heavy atom. The van der Waals surface area contributed by atoms with Crippen LogP contribution in [0.2, 0.25) is 10.0 Å². The number of hydrogen-bond acceptors (Lipinski definition) is 2. The Hall–Kier alpha value is -1.60. The number of halogens is 7. The number of pyridine rings is 1. The van der Waals surface area contributed by atoms with Crippen molar-refractivity contribution in [3.63, 3.8) is 0 Å². The van der Waals surface area contributed by atoms with Gasteiger partial charge in [-0.05, 0) is 30.3 Å². The second-order valence-corrected chi connectivity index (χ2v) is 4.89. The zero-order chi connectivity index (χ0) is 16.5. The molecule has 1 heterocycles. The highest BCUT2D eigenvalue weighted by atomic mass is 35.5. The smallest absolute Gasteiger partial charge is 0.432 e. The van der Waals surface area contributed by atoms with Gasteiger partial charge in [-0.3, -0.25) is 0 Å². The van der Waals surface area contributed by atoms with E-state index in [4.69, 9.17) is 23.2 Å². The van der Waals surface area contributed by atoms with Gasteiger partial charge in [-0.1, -0.05) is 23.2 Å². The first-order valence-corrected chi connectivity index (χ1v) is 6.42. The van der Waals surface area contributed by atoms with E-state index >= 15 is 0 Å². The molecule has 9 heteroatoms. The highest BCUT2D eigenvalue weighted by Crippen LogP contribution is 2.38. The molecule has 2 aromatic rings. The van der Waals surface area contributed by atoms with Crippen LogP contribution in [-0.4, -0.2) is 11.6 Å². The Bertz CT molecular complexity index is 691. The number of rotatable bonds is 3. The molecule has 2 nitrogen and oxygen atoms in total. The fourth-order valence-corrected chi connectivity index (χ4v) is 2.05. The van der Waals surface area contributed by atoms with Crippen LogP contribution in [0.3, 0.4) is 0 Å². The minimum Gasteiger partial charge on any atom is -0.432 e. The average molecular weight is 358 g/mol. The lowest BCUT2D eigenvalue weighted by molar-refractivity contribution is -0.141. The molecule has 0 saturated heterocycles.